The van der Waals surface area contributed by atoms with Crippen molar-refractivity contribution in [1.82, 2.24) is 15.8 Å². The lowest BCUT2D eigenvalue weighted by Gasteiger charge is -2.13. The van der Waals surface area contributed by atoms with Gasteiger partial charge in [0.25, 0.3) is 0 Å². The number of carbonyl (C=O) groups is 2. The number of rotatable bonds is 5. The van der Waals surface area contributed by atoms with E-state index < -0.39 is 18.0 Å². The highest BCUT2D eigenvalue weighted by Crippen LogP contribution is 2.32. The predicted molar refractivity (Wildman–Crippen MR) is 60.8 cm³/mol. The number of carboxylic acid groups (broad SMARTS) is 1. The molecule has 0 saturated heterocycles. The molecular formula is C11H15N3O4. The molecule has 7 nitrogen and oxygen atoms in total. The molecule has 0 radical (unpaired) electrons. The predicted octanol–water partition coefficient (Wildman–Crippen LogP) is 0.645. The topological polar surface area (TPSA) is 104 Å². The summed E-state index contributed by atoms with van der Waals surface area (Å²) < 4.78 is 4.85. The zero-order valence-electron chi connectivity index (χ0n) is 9.97. The number of nitrogens with one attached hydrogen (secondary N) is 2. The Bertz CT molecular complexity index is 453. The summed E-state index contributed by atoms with van der Waals surface area (Å²) >= 11 is 0. The van der Waals surface area contributed by atoms with Gasteiger partial charge in [-0.2, -0.15) is 0 Å². The SMILES string of the molecule is Cc1cc(CNC(=O)NC(C(=O)O)C2CC2)no1. The molecule has 1 aromatic heterocycles. The van der Waals surface area contributed by atoms with Crippen LogP contribution in [-0.2, 0) is 11.3 Å². The largest absolute Gasteiger partial charge is 0.480 e. The van der Waals surface area contributed by atoms with Crippen molar-refractivity contribution in [3.63, 3.8) is 0 Å². The molecule has 0 aliphatic heterocycles. The van der Waals surface area contributed by atoms with E-state index in [2.05, 4.69) is 15.8 Å². The minimum absolute atomic E-state index is 0.0579. The zero-order chi connectivity index (χ0) is 13.1. The fourth-order valence-electron chi connectivity index (χ4n) is 1.68. The lowest BCUT2D eigenvalue weighted by atomic mass is 10.2. The molecule has 1 unspecified atom stereocenters. The van der Waals surface area contributed by atoms with Gasteiger partial charge in [0.2, 0.25) is 0 Å². The van der Waals surface area contributed by atoms with E-state index in [0.29, 0.717) is 11.5 Å². The summed E-state index contributed by atoms with van der Waals surface area (Å²) in [6.45, 7) is 1.96. The van der Waals surface area contributed by atoms with E-state index in [-0.39, 0.29) is 12.5 Å². The first-order valence-corrected chi connectivity index (χ1v) is 5.75. The Hall–Kier alpha value is -2.05. The van der Waals surface area contributed by atoms with Gasteiger partial charge in [-0.3, -0.25) is 0 Å². The van der Waals surface area contributed by atoms with Crippen molar-refractivity contribution in [1.29, 1.82) is 0 Å². The number of urea groups is 1. The van der Waals surface area contributed by atoms with E-state index in [9.17, 15) is 9.59 Å². The summed E-state index contributed by atoms with van der Waals surface area (Å²) in [6.07, 6.45) is 1.69. The summed E-state index contributed by atoms with van der Waals surface area (Å²) in [4.78, 5) is 22.5. The summed E-state index contributed by atoms with van der Waals surface area (Å²) in [7, 11) is 0. The van der Waals surface area contributed by atoms with E-state index in [1.807, 2.05) is 0 Å². The maximum atomic E-state index is 11.5. The normalized spacial score (nSPS) is 16.1. The van der Waals surface area contributed by atoms with Gasteiger partial charge < -0.3 is 20.3 Å². The van der Waals surface area contributed by atoms with Crippen LogP contribution in [-0.4, -0.2) is 28.3 Å². The first kappa shape index (κ1) is 12.4. The molecule has 2 rings (SSSR count). The minimum Gasteiger partial charge on any atom is -0.480 e. The standard InChI is InChI=1S/C11H15N3O4/c1-6-4-8(14-18-6)5-12-11(17)13-9(10(15)16)7-2-3-7/h4,7,9H,2-3,5H2,1H3,(H,15,16)(H2,12,13,17). The monoisotopic (exact) mass is 253 g/mol. The molecule has 1 aliphatic carbocycles. The molecule has 1 atom stereocenters. The summed E-state index contributed by atoms with van der Waals surface area (Å²) in [5.74, 6) is -0.277. The fourth-order valence-corrected chi connectivity index (χ4v) is 1.68. The Kier molecular flexibility index (Phi) is 3.50. The third-order valence-electron chi connectivity index (χ3n) is 2.75. The van der Waals surface area contributed by atoms with Gasteiger partial charge >= 0.3 is 12.0 Å². The average molecular weight is 253 g/mol. The molecule has 2 amide bonds. The molecule has 1 aromatic rings. The average Bonchev–Trinajstić information content (AvgIpc) is 3.06. The number of amides is 2. The third kappa shape index (κ3) is 3.22. The lowest BCUT2D eigenvalue weighted by Crippen LogP contribution is -2.47. The molecule has 1 saturated carbocycles. The van der Waals surface area contributed by atoms with Crippen molar-refractivity contribution in [2.24, 2.45) is 5.92 Å². The van der Waals surface area contributed by atoms with Crippen LogP contribution in [0.3, 0.4) is 0 Å². The van der Waals surface area contributed by atoms with Gasteiger partial charge in [0.05, 0.1) is 6.54 Å². The quantitative estimate of drug-likeness (QED) is 0.714. The second kappa shape index (κ2) is 5.07. The number of carboxylic acids is 1. The maximum Gasteiger partial charge on any atom is 0.326 e. The van der Waals surface area contributed by atoms with E-state index in [1.165, 1.54) is 0 Å². The molecule has 0 aromatic carbocycles. The smallest absolute Gasteiger partial charge is 0.326 e. The van der Waals surface area contributed by atoms with Crippen molar-refractivity contribution in [3.05, 3.63) is 17.5 Å². The van der Waals surface area contributed by atoms with Gasteiger partial charge in [-0.25, -0.2) is 9.59 Å². The highest BCUT2D eigenvalue weighted by molar-refractivity contribution is 5.83. The Labute approximate surface area is 104 Å². The number of nitrogens with zero attached hydrogens (tertiary/aromatic N) is 1. The zero-order valence-corrected chi connectivity index (χ0v) is 9.97. The Morgan fingerprint density at radius 1 is 1.61 bits per heavy atom. The molecule has 0 bridgehead atoms. The molecule has 1 fully saturated rings. The molecule has 1 heterocycles. The molecular weight excluding hydrogens is 238 g/mol. The van der Waals surface area contributed by atoms with Crippen LogP contribution in [0.5, 0.6) is 0 Å². The Balaban J connectivity index is 1.79. The maximum absolute atomic E-state index is 11.5. The number of hydrogen-bond donors (Lipinski definition) is 3. The van der Waals surface area contributed by atoms with Crippen LogP contribution >= 0.6 is 0 Å². The van der Waals surface area contributed by atoms with Gasteiger partial charge in [-0.05, 0) is 25.7 Å². The highest BCUT2D eigenvalue weighted by Gasteiger charge is 2.37. The number of aryl methyl sites for hydroxylation is 1. The van der Waals surface area contributed by atoms with Crippen LogP contribution in [0, 0.1) is 12.8 Å². The number of carbonyl (C=O) groups excluding carboxylic acids is 1. The second-order valence-corrected chi connectivity index (χ2v) is 4.41. The Morgan fingerprint density at radius 2 is 2.33 bits per heavy atom. The first-order valence-electron chi connectivity index (χ1n) is 5.75. The lowest BCUT2D eigenvalue weighted by molar-refractivity contribution is -0.139. The van der Waals surface area contributed by atoms with Gasteiger partial charge in [-0.15, -0.1) is 0 Å². The third-order valence-corrected chi connectivity index (χ3v) is 2.75. The van der Waals surface area contributed by atoms with Crippen LogP contribution in [0.2, 0.25) is 0 Å². The van der Waals surface area contributed by atoms with Crippen LogP contribution in [0.1, 0.15) is 24.3 Å². The summed E-state index contributed by atoms with van der Waals surface area (Å²) in [6, 6.07) is 0.398. The van der Waals surface area contributed by atoms with Crippen molar-refractivity contribution < 1.29 is 19.2 Å². The fraction of sp³-hybridized carbons (Fsp3) is 0.545. The second-order valence-electron chi connectivity index (χ2n) is 4.41. The van der Waals surface area contributed by atoms with E-state index in [0.717, 1.165) is 12.8 Å². The molecule has 3 N–H and O–H groups in total. The number of aliphatic carboxylic acids is 1. The summed E-state index contributed by atoms with van der Waals surface area (Å²) in [5.41, 5.74) is 0.598. The number of hydrogen-bond acceptors (Lipinski definition) is 4. The summed E-state index contributed by atoms with van der Waals surface area (Å²) in [5, 5.41) is 17.7. The van der Waals surface area contributed by atoms with Crippen LogP contribution < -0.4 is 10.6 Å². The van der Waals surface area contributed by atoms with Gasteiger partial charge in [0.1, 0.15) is 17.5 Å². The molecule has 98 valence electrons. The number of aromatic nitrogens is 1. The van der Waals surface area contributed by atoms with Crippen molar-refractivity contribution in [3.8, 4) is 0 Å². The minimum atomic E-state index is -0.995. The van der Waals surface area contributed by atoms with Crippen molar-refractivity contribution in [2.75, 3.05) is 0 Å². The molecule has 1 aliphatic rings. The highest BCUT2D eigenvalue weighted by atomic mass is 16.5. The first-order chi connectivity index (χ1) is 8.56. The van der Waals surface area contributed by atoms with Crippen LogP contribution in [0.25, 0.3) is 0 Å². The van der Waals surface area contributed by atoms with Gasteiger partial charge in [-0.1, -0.05) is 5.16 Å². The Morgan fingerprint density at radius 3 is 2.83 bits per heavy atom. The van der Waals surface area contributed by atoms with E-state index in [4.69, 9.17) is 9.63 Å². The van der Waals surface area contributed by atoms with Crippen LogP contribution in [0.15, 0.2) is 10.6 Å². The van der Waals surface area contributed by atoms with E-state index >= 15 is 0 Å². The van der Waals surface area contributed by atoms with Crippen molar-refractivity contribution in [2.45, 2.75) is 32.4 Å². The van der Waals surface area contributed by atoms with Gasteiger partial charge in [0, 0.05) is 6.07 Å². The van der Waals surface area contributed by atoms with Crippen LogP contribution in [0.4, 0.5) is 4.79 Å². The molecule has 0 spiro atoms. The van der Waals surface area contributed by atoms with Crippen molar-refractivity contribution >= 4 is 12.0 Å². The van der Waals surface area contributed by atoms with Gasteiger partial charge in [0.15, 0.2) is 0 Å². The molecule has 18 heavy (non-hydrogen) atoms. The van der Waals surface area contributed by atoms with E-state index in [1.54, 1.807) is 13.0 Å². The molecule has 7 heteroatoms.